The van der Waals surface area contributed by atoms with Gasteiger partial charge in [-0.25, -0.2) is 0 Å². The van der Waals surface area contributed by atoms with Crippen molar-refractivity contribution in [2.45, 2.75) is 6.42 Å². The maximum atomic E-state index is 6.45. The lowest BCUT2D eigenvalue weighted by molar-refractivity contribution is 1.20. The van der Waals surface area contributed by atoms with Gasteiger partial charge >= 0.3 is 0 Å². The summed E-state index contributed by atoms with van der Waals surface area (Å²) in [6.07, 6.45) is 0.819. The van der Waals surface area contributed by atoms with Gasteiger partial charge in [0.15, 0.2) is 0 Å². The van der Waals surface area contributed by atoms with Crippen molar-refractivity contribution in [3.8, 4) is 22.3 Å². The van der Waals surface area contributed by atoms with Crippen molar-refractivity contribution >= 4 is 34.0 Å². The van der Waals surface area contributed by atoms with Crippen LogP contribution in [0.2, 0.25) is 10.0 Å². The average molecular weight is 439 g/mol. The van der Waals surface area contributed by atoms with Crippen LogP contribution in [0.1, 0.15) is 11.1 Å². The van der Waals surface area contributed by atoms with Gasteiger partial charge in [-0.1, -0.05) is 108 Å². The normalized spacial score (nSPS) is 11.0. The van der Waals surface area contributed by atoms with E-state index in [4.69, 9.17) is 23.2 Å². The molecule has 0 saturated carbocycles. The van der Waals surface area contributed by atoms with Crippen LogP contribution in [0.5, 0.6) is 0 Å². The lowest BCUT2D eigenvalue weighted by Gasteiger charge is -2.19. The summed E-state index contributed by atoms with van der Waals surface area (Å²) in [6.45, 7) is 0. The molecule has 0 aliphatic heterocycles. The highest BCUT2D eigenvalue weighted by Gasteiger charge is 2.17. The summed E-state index contributed by atoms with van der Waals surface area (Å²) in [5.74, 6) is 0. The molecule has 0 unspecified atom stereocenters. The van der Waals surface area contributed by atoms with Gasteiger partial charge in [0.25, 0.3) is 0 Å². The van der Waals surface area contributed by atoms with E-state index in [1.807, 2.05) is 18.2 Å². The number of halogens is 2. The van der Waals surface area contributed by atoms with E-state index >= 15 is 0 Å². The van der Waals surface area contributed by atoms with Crippen molar-refractivity contribution in [2.24, 2.45) is 0 Å². The van der Waals surface area contributed by atoms with Gasteiger partial charge in [-0.2, -0.15) is 0 Å². The van der Waals surface area contributed by atoms with E-state index in [1.54, 1.807) is 0 Å². The molecule has 5 aromatic carbocycles. The first-order chi connectivity index (χ1) is 15.2. The Bertz CT molecular complexity index is 1340. The Kier molecular flexibility index (Phi) is 5.51. The highest BCUT2D eigenvalue weighted by molar-refractivity contribution is 6.31. The molecule has 0 heterocycles. The van der Waals surface area contributed by atoms with E-state index in [0.717, 1.165) is 21.9 Å². The molecular weight excluding hydrogens is 419 g/mol. The molecule has 0 aliphatic carbocycles. The van der Waals surface area contributed by atoms with Crippen LogP contribution in [-0.2, 0) is 6.42 Å². The standard InChI is InChI=1S/C29H20Cl2/c30-25-14-11-20(12-15-25)17-24-18-23-13-16-26(31)19-27(23)29(22-9-5-2-6-10-22)28(24)21-7-3-1-4-8-21/h1-16,18-19H,17H2. The minimum absolute atomic E-state index is 0.745. The van der Waals surface area contributed by atoms with Gasteiger partial charge in [0.1, 0.15) is 0 Å². The Balaban J connectivity index is 1.85. The van der Waals surface area contributed by atoms with Crippen molar-refractivity contribution in [3.63, 3.8) is 0 Å². The van der Waals surface area contributed by atoms with Crippen molar-refractivity contribution in [1.82, 2.24) is 0 Å². The van der Waals surface area contributed by atoms with Crippen LogP contribution < -0.4 is 0 Å². The van der Waals surface area contributed by atoms with Gasteiger partial charge in [-0.05, 0) is 74.8 Å². The second-order valence-electron chi connectivity index (χ2n) is 7.69. The van der Waals surface area contributed by atoms with Crippen LogP contribution in [0.4, 0.5) is 0 Å². The molecule has 0 aliphatic rings. The van der Waals surface area contributed by atoms with Gasteiger partial charge in [0.2, 0.25) is 0 Å². The fourth-order valence-corrected chi connectivity index (χ4v) is 4.52. The molecule has 5 rings (SSSR count). The van der Waals surface area contributed by atoms with Crippen LogP contribution in [-0.4, -0.2) is 0 Å². The fourth-order valence-electron chi connectivity index (χ4n) is 4.23. The number of hydrogen-bond donors (Lipinski definition) is 0. The molecule has 31 heavy (non-hydrogen) atoms. The maximum Gasteiger partial charge on any atom is 0.0412 e. The second kappa shape index (κ2) is 8.59. The molecule has 150 valence electrons. The summed E-state index contributed by atoms with van der Waals surface area (Å²) in [5.41, 5.74) is 7.36. The molecule has 0 saturated heterocycles. The SMILES string of the molecule is Clc1ccc(Cc2cc3ccc(Cl)cc3c(-c3ccccc3)c2-c2ccccc2)cc1. The van der Waals surface area contributed by atoms with E-state index in [0.29, 0.717) is 0 Å². The largest absolute Gasteiger partial charge is 0.0843 e. The summed E-state index contributed by atoms with van der Waals surface area (Å²) in [4.78, 5) is 0. The third kappa shape index (κ3) is 4.10. The van der Waals surface area contributed by atoms with Gasteiger partial charge < -0.3 is 0 Å². The summed E-state index contributed by atoms with van der Waals surface area (Å²) in [6, 6.07) is 37.8. The predicted molar refractivity (Wildman–Crippen MR) is 134 cm³/mol. The third-order valence-corrected chi connectivity index (χ3v) is 6.11. The van der Waals surface area contributed by atoms with E-state index in [1.165, 1.54) is 38.8 Å². The molecule has 0 nitrogen and oxygen atoms in total. The lowest BCUT2D eigenvalue weighted by atomic mass is 9.84. The molecule has 5 aromatic rings. The monoisotopic (exact) mass is 438 g/mol. The quantitative estimate of drug-likeness (QED) is 0.262. The first-order valence-electron chi connectivity index (χ1n) is 10.3. The maximum absolute atomic E-state index is 6.45. The van der Waals surface area contributed by atoms with Crippen molar-refractivity contribution in [1.29, 1.82) is 0 Å². The van der Waals surface area contributed by atoms with Gasteiger partial charge in [-0.15, -0.1) is 0 Å². The third-order valence-electron chi connectivity index (χ3n) is 5.62. The average Bonchev–Trinajstić information content (AvgIpc) is 2.81. The Morgan fingerprint density at radius 3 is 1.74 bits per heavy atom. The summed E-state index contributed by atoms with van der Waals surface area (Å²) in [7, 11) is 0. The first kappa shape index (κ1) is 19.9. The number of hydrogen-bond acceptors (Lipinski definition) is 0. The molecule has 0 bridgehead atoms. The molecule has 0 spiro atoms. The molecule has 0 N–H and O–H groups in total. The fraction of sp³-hybridized carbons (Fsp3) is 0.0345. The minimum atomic E-state index is 0.745. The van der Waals surface area contributed by atoms with E-state index in [9.17, 15) is 0 Å². The summed E-state index contributed by atoms with van der Waals surface area (Å²) < 4.78 is 0. The van der Waals surface area contributed by atoms with Gasteiger partial charge in [0.05, 0.1) is 0 Å². The smallest absolute Gasteiger partial charge is 0.0412 e. The second-order valence-corrected chi connectivity index (χ2v) is 8.56. The number of fused-ring (bicyclic) bond motifs is 1. The van der Waals surface area contributed by atoms with Gasteiger partial charge in [0, 0.05) is 10.0 Å². The van der Waals surface area contributed by atoms with Crippen molar-refractivity contribution < 1.29 is 0 Å². The van der Waals surface area contributed by atoms with Crippen LogP contribution >= 0.6 is 23.2 Å². The Morgan fingerprint density at radius 2 is 1.10 bits per heavy atom. The molecular formula is C29H20Cl2. The van der Waals surface area contributed by atoms with Crippen LogP contribution in [0, 0.1) is 0 Å². The number of benzene rings is 5. The summed E-state index contributed by atoms with van der Waals surface area (Å²) >= 11 is 12.6. The van der Waals surface area contributed by atoms with Crippen LogP contribution in [0.25, 0.3) is 33.0 Å². The van der Waals surface area contributed by atoms with Crippen LogP contribution in [0.15, 0.2) is 109 Å². The van der Waals surface area contributed by atoms with E-state index < -0.39 is 0 Å². The molecule has 0 radical (unpaired) electrons. The Hall–Kier alpha value is -3.06. The Labute approximate surface area is 192 Å². The molecule has 0 fully saturated rings. The summed E-state index contributed by atoms with van der Waals surface area (Å²) in [5, 5.41) is 3.85. The zero-order valence-electron chi connectivity index (χ0n) is 16.9. The first-order valence-corrected chi connectivity index (χ1v) is 11.0. The van der Waals surface area contributed by atoms with Crippen molar-refractivity contribution in [3.05, 3.63) is 130 Å². The zero-order chi connectivity index (χ0) is 21.2. The molecule has 0 atom stereocenters. The molecule has 0 aromatic heterocycles. The van der Waals surface area contributed by atoms with E-state index in [2.05, 4.69) is 91.0 Å². The highest BCUT2D eigenvalue weighted by Crippen LogP contribution is 2.42. The predicted octanol–water partition coefficient (Wildman–Crippen LogP) is 9.07. The molecule has 0 amide bonds. The Morgan fingerprint density at radius 1 is 0.516 bits per heavy atom. The highest BCUT2D eigenvalue weighted by atomic mass is 35.5. The lowest BCUT2D eigenvalue weighted by Crippen LogP contribution is -1.97. The van der Waals surface area contributed by atoms with E-state index in [-0.39, 0.29) is 0 Å². The minimum Gasteiger partial charge on any atom is -0.0843 e. The van der Waals surface area contributed by atoms with Crippen molar-refractivity contribution in [2.75, 3.05) is 0 Å². The zero-order valence-corrected chi connectivity index (χ0v) is 18.4. The van der Waals surface area contributed by atoms with Crippen LogP contribution in [0.3, 0.4) is 0 Å². The molecule has 2 heteroatoms. The topological polar surface area (TPSA) is 0 Å². The van der Waals surface area contributed by atoms with Gasteiger partial charge in [-0.3, -0.25) is 0 Å². The number of rotatable bonds is 4.